The predicted octanol–water partition coefficient (Wildman–Crippen LogP) is 0.664. The van der Waals surface area contributed by atoms with E-state index in [0.717, 1.165) is 31.5 Å². The highest BCUT2D eigenvalue weighted by Crippen LogP contribution is 2.11. The maximum Gasteiger partial charge on any atom is 0.178 e. The van der Waals surface area contributed by atoms with Gasteiger partial charge >= 0.3 is 0 Å². The van der Waals surface area contributed by atoms with E-state index in [0.29, 0.717) is 6.54 Å². The minimum atomic E-state index is -0.178. The first kappa shape index (κ1) is 11.4. The van der Waals surface area contributed by atoms with E-state index in [9.17, 15) is 9.90 Å². The van der Waals surface area contributed by atoms with Crippen LogP contribution in [0.15, 0.2) is 18.5 Å². The molecule has 1 aromatic rings. The Balaban J connectivity index is 1.88. The summed E-state index contributed by atoms with van der Waals surface area (Å²) in [6, 6.07) is 1.85. The zero-order valence-electron chi connectivity index (χ0n) is 9.59. The number of aliphatic hydroxyl groups excluding tert-OH is 1. The number of carbonyl (C=O) groups excluding carboxylic acids is 1. The van der Waals surface area contributed by atoms with E-state index in [-0.39, 0.29) is 11.9 Å². The first-order valence-corrected chi connectivity index (χ1v) is 5.71. The molecule has 1 saturated heterocycles. The standard InChI is InChI=1S/C12H18N2O2/c1-13-5-2-10(8-13)12(16)9-14-6-3-11(15)4-7-14/h2,5,8,11,15H,3-4,6-7,9H2,1H3. The molecule has 1 aliphatic rings. The number of aliphatic hydroxyl groups is 1. The molecule has 4 heteroatoms. The molecule has 0 atom stereocenters. The third-order valence-corrected chi connectivity index (χ3v) is 3.08. The summed E-state index contributed by atoms with van der Waals surface area (Å²) in [5.74, 6) is 0.164. The molecule has 1 fully saturated rings. The van der Waals surface area contributed by atoms with Crippen LogP contribution < -0.4 is 0 Å². The summed E-state index contributed by atoms with van der Waals surface area (Å²) in [6.07, 6.45) is 5.11. The van der Waals surface area contributed by atoms with Crippen molar-refractivity contribution >= 4 is 5.78 Å². The third kappa shape index (κ3) is 2.71. The molecule has 0 bridgehead atoms. The number of nitrogens with zero attached hydrogens (tertiary/aromatic N) is 2. The summed E-state index contributed by atoms with van der Waals surface area (Å²) in [5.41, 5.74) is 0.772. The monoisotopic (exact) mass is 222 g/mol. The van der Waals surface area contributed by atoms with Crippen molar-refractivity contribution in [1.29, 1.82) is 0 Å². The van der Waals surface area contributed by atoms with Crippen LogP contribution in [-0.4, -0.2) is 46.1 Å². The van der Waals surface area contributed by atoms with Crippen LogP contribution in [-0.2, 0) is 7.05 Å². The lowest BCUT2D eigenvalue weighted by atomic mass is 10.1. The second-order valence-electron chi connectivity index (χ2n) is 4.50. The predicted molar refractivity (Wildman–Crippen MR) is 61.4 cm³/mol. The van der Waals surface area contributed by atoms with Gasteiger partial charge in [0.2, 0.25) is 0 Å². The van der Waals surface area contributed by atoms with Gasteiger partial charge in [-0.1, -0.05) is 0 Å². The molecule has 1 aliphatic heterocycles. The fourth-order valence-electron chi connectivity index (χ4n) is 2.04. The van der Waals surface area contributed by atoms with Crippen molar-refractivity contribution in [3.63, 3.8) is 0 Å². The molecule has 0 unspecified atom stereocenters. The summed E-state index contributed by atoms with van der Waals surface area (Å²) in [7, 11) is 1.91. The van der Waals surface area contributed by atoms with Crippen LogP contribution in [0.5, 0.6) is 0 Å². The number of piperidine rings is 1. The molecule has 2 rings (SSSR count). The van der Waals surface area contributed by atoms with Gasteiger partial charge in [0.05, 0.1) is 12.6 Å². The van der Waals surface area contributed by atoms with E-state index in [1.807, 2.05) is 30.1 Å². The van der Waals surface area contributed by atoms with Crippen molar-refractivity contribution in [2.45, 2.75) is 18.9 Å². The van der Waals surface area contributed by atoms with Crippen molar-refractivity contribution in [1.82, 2.24) is 9.47 Å². The van der Waals surface area contributed by atoms with E-state index in [2.05, 4.69) is 4.90 Å². The summed E-state index contributed by atoms with van der Waals surface area (Å²) in [4.78, 5) is 14.0. The van der Waals surface area contributed by atoms with Crippen molar-refractivity contribution in [2.75, 3.05) is 19.6 Å². The van der Waals surface area contributed by atoms with Crippen molar-refractivity contribution in [3.8, 4) is 0 Å². The topological polar surface area (TPSA) is 45.5 Å². The normalized spacial score (nSPS) is 18.9. The number of hydrogen-bond donors (Lipinski definition) is 1. The summed E-state index contributed by atoms with van der Waals surface area (Å²) in [6.45, 7) is 2.11. The van der Waals surface area contributed by atoms with Crippen LogP contribution in [0.3, 0.4) is 0 Å². The van der Waals surface area contributed by atoms with E-state index < -0.39 is 0 Å². The van der Waals surface area contributed by atoms with Gasteiger partial charge in [0.1, 0.15) is 0 Å². The molecular weight excluding hydrogens is 204 g/mol. The minimum Gasteiger partial charge on any atom is -0.393 e. The van der Waals surface area contributed by atoms with Gasteiger partial charge < -0.3 is 9.67 Å². The molecule has 2 heterocycles. The molecule has 0 spiro atoms. The number of carbonyl (C=O) groups is 1. The lowest BCUT2D eigenvalue weighted by Gasteiger charge is -2.28. The van der Waals surface area contributed by atoms with Gasteiger partial charge in [-0.15, -0.1) is 0 Å². The van der Waals surface area contributed by atoms with Gasteiger partial charge in [0, 0.05) is 38.1 Å². The highest BCUT2D eigenvalue weighted by molar-refractivity contribution is 5.97. The molecule has 0 aliphatic carbocycles. The Hall–Kier alpha value is -1.13. The molecule has 4 nitrogen and oxygen atoms in total. The van der Waals surface area contributed by atoms with Gasteiger partial charge in [0.25, 0.3) is 0 Å². The Morgan fingerprint density at radius 1 is 1.50 bits per heavy atom. The van der Waals surface area contributed by atoms with E-state index in [1.54, 1.807) is 0 Å². The van der Waals surface area contributed by atoms with Gasteiger partial charge in [-0.25, -0.2) is 0 Å². The number of rotatable bonds is 3. The summed E-state index contributed by atoms with van der Waals surface area (Å²) >= 11 is 0. The molecule has 0 saturated carbocycles. The molecule has 1 N–H and O–H groups in total. The maximum absolute atomic E-state index is 11.9. The Morgan fingerprint density at radius 3 is 2.75 bits per heavy atom. The van der Waals surface area contributed by atoms with Crippen molar-refractivity contribution in [2.24, 2.45) is 7.05 Å². The van der Waals surface area contributed by atoms with Gasteiger partial charge in [-0.2, -0.15) is 0 Å². The SMILES string of the molecule is Cn1ccc(C(=O)CN2CCC(O)CC2)c1. The number of aromatic nitrogens is 1. The number of hydrogen-bond acceptors (Lipinski definition) is 3. The Kier molecular flexibility index (Phi) is 3.41. The van der Waals surface area contributed by atoms with E-state index in [4.69, 9.17) is 0 Å². The van der Waals surface area contributed by atoms with Crippen LogP contribution in [0.25, 0.3) is 0 Å². The van der Waals surface area contributed by atoms with Gasteiger partial charge in [-0.3, -0.25) is 9.69 Å². The lowest BCUT2D eigenvalue weighted by molar-refractivity contribution is 0.0711. The second-order valence-corrected chi connectivity index (χ2v) is 4.50. The molecule has 0 amide bonds. The summed E-state index contributed by atoms with van der Waals surface area (Å²) < 4.78 is 1.88. The van der Waals surface area contributed by atoms with Crippen LogP contribution >= 0.6 is 0 Å². The highest BCUT2D eigenvalue weighted by atomic mass is 16.3. The van der Waals surface area contributed by atoms with Crippen molar-refractivity contribution in [3.05, 3.63) is 24.0 Å². The lowest BCUT2D eigenvalue weighted by Crippen LogP contribution is -2.38. The summed E-state index contributed by atoms with van der Waals surface area (Å²) in [5, 5.41) is 9.37. The second kappa shape index (κ2) is 4.80. The first-order valence-electron chi connectivity index (χ1n) is 5.71. The average Bonchev–Trinajstić information content (AvgIpc) is 2.68. The first-order chi connectivity index (χ1) is 7.65. The number of likely N-dealkylation sites (tertiary alicyclic amines) is 1. The van der Waals surface area contributed by atoms with Crippen LogP contribution in [0.4, 0.5) is 0 Å². The number of ketones is 1. The smallest absolute Gasteiger partial charge is 0.178 e. The Morgan fingerprint density at radius 2 is 2.19 bits per heavy atom. The number of aryl methyl sites for hydroxylation is 1. The van der Waals surface area contributed by atoms with Gasteiger partial charge in [-0.05, 0) is 18.9 Å². The fourth-order valence-corrected chi connectivity index (χ4v) is 2.04. The maximum atomic E-state index is 11.9. The van der Waals surface area contributed by atoms with Crippen LogP contribution in [0.2, 0.25) is 0 Å². The molecule has 1 aromatic heterocycles. The van der Waals surface area contributed by atoms with Crippen LogP contribution in [0.1, 0.15) is 23.2 Å². The Labute approximate surface area is 95.5 Å². The highest BCUT2D eigenvalue weighted by Gasteiger charge is 2.19. The largest absolute Gasteiger partial charge is 0.393 e. The minimum absolute atomic E-state index is 0.164. The molecular formula is C12H18N2O2. The van der Waals surface area contributed by atoms with Crippen molar-refractivity contribution < 1.29 is 9.90 Å². The molecule has 0 aromatic carbocycles. The zero-order valence-corrected chi connectivity index (χ0v) is 9.59. The quantitative estimate of drug-likeness (QED) is 0.764. The zero-order chi connectivity index (χ0) is 11.5. The Bertz CT molecular complexity index is 365. The van der Waals surface area contributed by atoms with E-state index >= 15 is 0 Å². The van der Waals surface area contributed by atoms with Gasteiger partial charge in [0.15, 0.2) is 5.78 Å². The molecule has 16 heavy (non-hydrogen) atoms. The number of Topliss-reactive ketones (excluding diaryl/α,β-unsaturated/α-hetero) is 1. The van der Waals surface area contributed by atoms with Crippen LogP contribution in [0, 0.1) is 0 Å². The van der Waals surface area contributed by atoms with E-state index in [1.165, 1.54) is 0 Å². The fraction of sp³-hybridized carbons (Fsp3) is 0.583. The molecule has 0 radical (unpaired) electrons. The molecule has 88 valence electrons. The third-order valence-electron chi connectivity index (χ3n) is 3.08. The average molecular weight is 222 g/mol.